The second-order valence-electron chi connectivity index (χ2n) is 6.04. The number of aromatic nitrogens is 3. The third-order valence-electron chi connectivity index (χ3n) is 4.28. The molecule has 0 bridgehead atoms. The summed E-state index contributed by atoms with van der Waals surface area (Å²) in [6, 6.07) is 14.1. The molecule has 0 aliphatic rings. The van der Waals surface area contributed by atoms with Crippen molar-refractivity contribution in [1.29, 1.82) is 0 Å². The molecule has 2 aromatic heterocycles. The van der Waals surface area contributed by atoms with Gasteiger partial charge in [-0.2, -0.15) is 4.98 Å². The van der Waals surface area contributed by atoms with Crippen molar-refractivity contribution in [2.24, 2.45) is 0 Å². The summed E-state index contributed by atoms with van der Waals surface area (Å²) in [5.74, 6) is 0.341. The number of carbonyl (C=O) groups excluding carboxylic acids is 1. The number of anilines is 2. The van der Waals surface area contributed by atoms with Gasteiger partial charge >= 0.3 is 5.97 Å². The zero-order valence-electron chi connectivity index (χ0n) is 14.8. The first-order valence-corrected chi connectivity index (χ1v) is 8.31. The molecular formula is C20H16N4O3. The summed E-state index contributed by atoms with van der Waals surface area (Å²) in [6.45, 7) is 1.83. The van der Waals surface area contributed by atoms with Crippen LogP contribution in [0.4, 0.5) is 11.5 Å². The van der Waals surface area contributed by atoms with E-state index in [1.54, 1.807) is 48.7 Å². The van der Waals surface area contributed by atoms with Crippen molar-refractivity contribution < 1.29 is 9.53 Å². The van der Waals surface area contributed by atoms with Crippen LogP contribution in [0, 0.1) is 6.92 Å². The summed E-state index contributed by atoms with van der Waals surface area (Å²) >= 11 is 0. The van der Waals surface area contributed by atoms with Crippen molar-refractivity contribution in [3.05, 3.63) is 76.2 Å². The standard InChI is InChI=1S/C20H16N4O3/c1-12-11-24-18(25)13-7-3-5-9-15(13)22-20(24)23-17(12)21-16-10-6-4-8-14(16)19(26)27-2/h3-11H,1-2H3,(H,21,22,23). The van der Waals surface area contributed by atoms with E-state index >= 15 is 0 Å². The van der Waals surface area contributed by atoms with Crippen molar-refractivity contribution in [1.82, 2.24) is 14.4 Å². The maximum absolute atomic E-state index is 12.7. The number of ether oxygens (including phenoxy) is 1. The fourth-order valence-electron chi connectivity index (χ4n) is 2.91. The summed E-state index contributed by atoms with van der Waals surface area (Å²) < 4.78 is 6.25. The minimum atomic E-state index is -0.447. The molecule has 0 aliphatic heterocycles. The molecule has 0 unspecified atom stereocenters. The lowest BCUT2D eigenvalue weighted by atomic mass is 10.1. The quantitative estimate of drug-likeness (QED) is 0.446. The molecule has 0 amide bonds. The first-order valence-electron chi connectivity index (χ1n) is 8.31. The van der Waals surface area contributed by atoms with Crippen molar-refractivity contribution in [3.8, 4) is 0 Å². The highest BCUT2D eigenvalue weighted by Crippen LogP contribution is 2.23. The van der Waals surface area contributed by atoms with E-state index in [-0.39, 0.29) is 11.3 Å². The molecule has 2 heterocycles. The second kappa shape index (κ2) is 6.53. The SMILES string of the molecule is COC(=O)c1ccccc1Nc1nc2nc3ccccc3c(=O)n2cc1C. The second-order valence-corrected chi connectivity index (χ2v) is 6.04. The maximum Gasteiger partial charge on any atom is 0.339 e. The molecule has 0 fully saturated rings. The van der Waals surface area contributed by atoms with E-state index in [9.17, 15) is 9.59 Å². The molecule has 7 nitrogen and oxygen atoms in total. The highest BCUT2D eigenvalue weighted by Gasteiger charge is 2.14. The molecule has 0 saturated heterocycles. The third kappa shape index (κ3) is 2.89. The van der Waals surface area contributed by atoms with Gasteiger partial charge < -0.3 is 10.1 Å². The lowest BCUT2D eigenvalue weighted by Gasteiger charge is -2.13. The van der Waals surface area contributed by atoms with Gasteiger partial charge in [0.2, 0.25) is 5.78 Å². The molecule has 4 aromatic rings. The predicted molar refractivity (Wildman–Crippen MR) is 103 cm³/mol. The number of para-hydroxylation sites is 2. The van der Waals surface area contributed by atoms with E-state index in [0.29, 0.717) is 28.0 Å². The molecule has 0 saturated carbocycles. The predicted octanol–water partition coefficient (Wildman–Crippen LogP) is 3.08. The number of carbonyl (C=O) groups is 1. The Labute approximate surface area is 154 Å². The van der Waals surface area contributed by atoms with Crippen LogP contribution in [0.15, 0.2) is 59.5 Å². The van der Waals surface area contributed by atoms with Gasteiger partial charge in [-0.1, -0.05) is 24.3 Å². The molecule has 0 atom stereocenters. The Balaban J connectivity index is 1.87. The van der Waals surface area contributed by atoms with Crippen molar-refractivity contribution in [2.75, 3.05) is 12.4 Å². The first kappa shape index (κ1) is 16.7. The van der Waals surface area contributed by atoms with Gasteiger partial charge in [-0.3, -0.25) is 9.20 Å². The van der Waals surface area contributed by atoms with Gasteiger partial charge in [0.05, 0.1) is 29.3 Å². The van der Waals surface area contributed by atoms with E-state index < -0.39 is 5.97 Å². The largest absolute Gasteiger partial charge is 0.465 e. The van der Waals surface area contributed by atoms with Crippen molar-refractivity contribution in [3.63, 3.8) is 0 Å². The summed E-state index contributed by atoms with van der Waals surface area (Å²) in [4.78, 5) is 33.6. The highest BCUT2D eigenvalue weighted by molar-refractivity contribution is 5.96. The zero-order valence-corrected chi connectivity index (χ0v) is 14.8. The lowest BCUT2D eigenvalue weighted by Crippen LogP contribution is -2.17. The highest BCUT2D eigenvalue weighted by atomic mass is 16.5. The van der Waals surface area contributed by atoms with Crippen LogP contribution in [-0.2, 0) is 4.74 Å². The molecule has 0 radical (unpaired) electrons. The van der Waals surface area contributed by atoms with Gasteiger partial charge in [-0.25, -0.2) is 9.78 Å². The number of nitrogens with zero attached hydrogens (tertiary/aromatic N) is 3. The number of fused-ring (bicyclic) bond motifs is 2. The van der Waals surface area contributed by atoms with E-state index in [0.717, 1.165) is 5.56 Å². The molecule has 0 spiro atoms. The Hall–Kier alpha value is -3.74. The minimum Gasteiger partial charge on any atom is -0.465 e. The fraction of sp³-hybridized carbons (Fsp3) is 0.100. The molecule has 7 heteroatoms. The average molecular weight is 360 g/mol. The van der Waals surface area contributed by atoms with Crippen molar-refractivity contribution in [2.45, 2.75) is 6.92 Å². The number of rotatable bonds is 3. The Morgan fingerprint density at radius 2 is 1.81 bits per heavy atom. The van der Waals surface area contributed by atoms with E-state index in [1.807, 2.05) is 13.0 Å². The molecule has 2 aromatic carbocycles. The number of esters is 1. The smallest absolute Gasteiger partial charge is 0.339 e. The third-order valence-corrected chi connectivity index (χ3v) is 4.28. The number of methoxy groups -OCH3 is 1. The summed E-state index contributed by atoms with van der Waals surface area (Å²) in [6.07, 6.45) is 1.69. The molecule has 4 rings (SSSR count). The van der Waals surface area contributed by atoms with Crippen LogP contribution in [0.5, 0.6) is 0 Å². The minimum absolute atomic E-state index is 0.173. The fourth-order valence-corrected chi connectivity index (χ4v) is 2.91. The maximum atomic E-state index is 12.7. The molecular weight excluding hydrogens is 344 g/mol. The van der Waals surface area contributed by atoms with E-state index in [4.69, 9.17) is 4.74 Å². The number of benzene rings is 2. The van der Waals surface area contributed by atoms with Gasteiger partial charge in [0, 0.05) is 11.8 Å². The van der Waals surface area contributed by atoms with Crippen molar-refractivity contribution >= 4 is 34.2 Å². The van der Waals surface area contributed by atoms with E-state index in [2.05, 4.69) is 15.3 Å². The normalized spacial score (nSPS) is 10.9. The molecule has 1 N–H and O–H groups in total. The lowest BCUT2D eigenvalue weighted by molar-refractivity contribution is 0.0602. The summed E-state index contributed by atoms with van der Waals surface area (Å²) in [5, 5.41) is 3.68. The average Bonchev–Trinajstić information content (AvgIpc) is 2.69. The molecule has 134 valence electrons. The van der Waals surface area contributed by atoms with E-state index in [1.165, 1.54) is 11.5 Å². The van der Waals surface area contributed by atoms with Crippen LogP contribution in [0.1, 0.15) is 15.9 Å². The van der Waals surface area contributed by atoms with Crippen LogP contribution >= 0.6 is 0 Å². The topological polar surface area (TPSA) is 85.6 Å². The van der Waals surface area contributed by atoms with Gasteiger partial charge in [0.15, 0.2) is 0 Å². The van der Waals surface area contributed by atoms with Crippen LogP contribution in [-0.4, -0.2) is 27.4 Å². The van der Waals surface area contributed by atoms with Crippen LogP contribution in [0.2, 0.25) is 0 Å². The van der Waals surface area contributed by atoms with Gasteiger partial charge in [-0.15, -0.1) is 0 Å². The van der Waals surface area contributed by atoms with Crippen LogP contribution < -0.4 is 10.9 Å². The summed E-state index contributed by atoms with van der Waals surface area (Å²) in [7, 11) is 1.33. The number of hydrogen-bond acceptors (Lipinski definition) is 6. The molecule has 27 heavy (non-hydrogen) atoms. The zero-order chi connectivity index (χ0) is 19.0. The first-order chi connectivity index (χ1) is 13.1. The molecule has 0 aliphatic carbocycles. The number of hydrogen-bond donors (Lipinski definition) is 1. The van der Waals surface area contributed by atoms with Gasteiger partial charge in [0.25, 0.3) is 5.56 Å². The Morgan fingerprint density at radius 1 is 1.07 bits per heavy atom. The van der Waals surface area contributed by atoms with Crippen LogP contribution in [0.25, 0.3) is 16.7 Å². The number of aryl methyl sites for hydroxylation is 1. The Kier molecular flexibility index (Phi) is 4.04. The Morgan fingerprint density at radius 3 is 2.63 bits per heavy atom. The van der Waals surface area contributed by atoms with Gasteiger partial charge in [-0.05, 0) is 31.2 Å². The van der Waals surface area contributed by atoms with Crippen LogP contribution in [0.3, 0.4) is 0 Å². The monoisotopic (exact) mass is 360 g/mol. The Bertz CT molecular complexity index is 1250. The van der Waals surface area contributed by atoms with Gasteiger partial charge in [0.1, 0.15) is 5.82 Å². The number of nitrogens with one attached hydrogen (secondary N) is 1. The summed E-state index contributed by atoms with van der Waals surface area (Å²) in [5.41, 5.74) is 2.10.